The van der Waals surface area contributed by atoms with E-state index in [0.29, 0.717) is 33.5 Å². The predicted octanol–water partition coefficient (Wildman–Crippen LogP) is 7.70. The van der Waals surface area contributed by atoms with E-state index in [4.69, 9.17) is 27.9 Å². The van der Waals surface area contributed by atoms with Gasteiger partial charge in [0, 0.05) is 22.6 Å². The molecule has 8 nitrogen and oxygen atoms in total. The number of para-hydroxylation sites is 1. The SMILES string of the molecule is CC[C@@H](C)NC(=O)[C@H](CC)N(Cc1ccc(Cl)cc1Cl)C(=O)CN(c1ccc(Oc2ccccc2)cc1)S(=O)(=O)c1ccccc1. The first-order valence-corrected chi connectivity index (χ1v) is 17.2. The lowest BCUT2D eigenvalue weighted by Gasteiger charge is -2.34. The van der Waals surface area contributed by atoms with Gasteiger partial charge in [-0.15, -0.1) is 0 Å². The highest BCUT2D eigenvalue weighted by atomic mass is 35.5. The first-order valence-electron chi connectivity index (χ1n) is 15.0. The van der Waals surface area contributed by atoms with Gasteiger partial charge in [0.05, 0.1) is 10.6 Å². The lowest BCUT2D eigenvalue weighted by atomic mass is 10.1. The maximum Gasteiger partial charge on any atom is 0.264 e. The minimum atomic E-state index is -4.22. The molecule has 0 aliphatic rings. The smallest absolute Gasteiger partial charge is 0.264 e. The number of nitrogens with zero attached hydrogens (tertiary/aromatic N) is 2. The Morgan fingerprint density at radius 1 is 0.826 bits per heavy atom. The van der Waals surface area contributed by atoms with Crippen molar-refractivity contribution < 1.29 is 22.7 Å². The molecule has 0 radical (unpaired) electrons. The third kappa shape index (κ3) is 8.81. The molecular weight excluding hydrogens is 645 g/mol. The zero-order valence-electron chi connectivity index (χ0n) is 25.9. The maximum absolute atomic E-state index is 14.3. The second kappa shape index (κ2) is 16.0. The monoisotopic (exact) mass is 681 g/mol. The number of benzene rings is 4. The fraction of sp³-hybridized carbons (Fsp3) is 0.257. The summed E-state index contributed by atoms with van der Waals surface area (Å²) >= 11 is 12.6. The number of sulfonamides is 1. The van der Waals surface area contributed by atoms with Gasteiger partial charge < -0.3 is 15.0 Å². The Morgan fingerprint density at radius 2 is 1.43 bits per heavy atom. The summed E-state index contributed by atoms with van der Waals surface area (Å²) < 4.78 is 35.1. The van der Waals surface area contributed by atoms with E-state index in [0.717, 1.165) is 4.31 Å². The highest BCUT2D eigenvalue weighted by Gasteiger charge is 2.34. The van der Waals surface area contributed by atoms with Crippen LogP contribution < -0.4 is 14.4 Å². The topological polar surface area (TPSA) is 96.0 Å². The van der Waals surface area contributed by atoms with Gasteiger partial charge in [0.2, 0.25) is 11.8 Å². The van der Waals surface area contributed by atoms with Crippen molar-refractivity contribution >= 4 is 50.7 Å². The Bertz CT molecular complexity index is 1720. The molecule has 4 aromatic carbocycles. The summed E-state index contributed by atoms with van der Waals surface area (Å²) in [5.41, 5.74) is 0.813. The van der Waals surface area contributed by atoms with E-state index in [1.165, 1.54) is 17.0 Å². The average molecular weight is 683 g/mol. The highest BCUT2D eigenvalue weighted by molar-refractivity contribution is 7.92. The molecule has 242 valence electrons. The summed E-state index contributed by atoms with van der Waals surface area (Å²) in [6.07, 6.45) is 0.988. The van der Waals surface area contributed by atoms with Crippen molar-refractivity contribution in [3.63, 3.8) is 0 Å². The van der Waals surface area contributed by atoms with Crippen LogP contribution in [0.2, 0.25) is 10.0 Å². The van der Waals surface area contributed by atoms with Crippen molar-refractivity contribution in [2.24, 2.45) is 0 Å². The third-order valence-corrected chi connectivity index (χ3v) is 9.83. The second-order valence-electron chi connectivity index (χ2n) is 10.7. The van der Waals surface area contributed by atoms with Crippen LogP contribution in [0.4, 0.5) is 5.69 Å². The van der Waals surface area contributed by atoms with Crippen molar-refractivity contribution in [2.45, 2.75) is 57.1 Å². The summed E-state index contributed by atoms with van der Waals surface area (Å²) in [5.74, 6) is 0.193. The summed E-state index contributed by atoms with van der Waals surface area (Å²) in [7, 11) is -4.22. The molecule has 0 fully saturated rings. The normalized spacial score (nSPS) is 12.5. The molecule has 0 aliphatic heterocycles. The number of carbonyl (C=O) groups excluding carboxylic acids is 2. The van der Waals surface area contributed by atoms with Crippen LogP contribution >= 0.6 is 23.2 Å². The zero-order valence-corrected chi connectivity index (χ0v) is 28.2. The van der Waals surface area contributed by atoms with E-state index >= 15 is 0 Å². The lowest BCUT2D eigenvalue weighted by molar-refractivity contribution is -0.140. The minimum Gasteiger partial charge on any atom is -0.457 e. The van der Waals surface area contributed by atoms with E-state index in [1.807, 2.05) is 44.2 Å². The fourth-order valence-corrected chi connectivity index (χ4v) is 6.65. The number of hydrogen-bond acceptors (Lipinski definition) is 5. The average Bonchev–Trinajstić information content (AvgIpc) is 3.05. The summed E-state index contributed by atoms with van der Waals surface area (Å²) in [4.78, 5) is 29.2. The predicted molar refractivity (Wildman–Crippen MR) is 183 cm³/mol. The van der Waals surface area contributed by atoms with Gasteiger partial charge in [-0.3, -0.25) is 13.9 Å². The first-order chi connectivity index (χ1) is 22.0. The van der Waals surface area contributed by atoms with Crippen molar-refractivity contribution in [2.75, 3.05) is 10.8 Å². The molecule has 0 aliphatic carbocycles. The van der Waals surface area contributed by atoms with E-state index in [1.54, 1.807) is 67.6 Å². The summed E-state index contributed by atoms with van der Waals surface area (Å²) in [6, 6.07) is 27.4. The Labute approximate surface area is 280 Å². The Morgan fingerprint density at radius 3 is 2.02 bits per heavy atom. The van der Waals surface area contributed by atoms with Gasteiger partial charge in [0.1, 0.15) is 24.1 Å². The quantitative estimate of drug-likeness (QED) is 0.147. The number of ether oxygens (including phenoxy) is 1. The van der Waals surface area contributed by atoms with E-state index in [2.05, 4.69) is 5.32 Å². The van der Waals surface area contributed by atoms with Crippen LogP contribution in [-0.4, -0.2) is 43.8 Å². The fourth-order valence-electron chi connectivity index (χ4n) is 4.75. The third-order valence-electron chi connectivity index (χ3n) is 7.46. The van der Waals surface area contributed by atoms with Gasteiger partial charge in [-0.1, -0.05) is 79.5 Å². The van der Waals surface area contributed by atoms with Gasteiger partial charge in [0.15, 0.2) is 0 Å². The molecule has 46 heavy (non-hydrogen) atoms. The minimum absolute atomic E-state index is 0.0151. The number of rotatable bonds is 14. The lowest BCUT2D eigenvalue weighted by Crippen LogP contribution is -2.53. The summed E-state index contributed by atoms with van der Waals surface area (Å²) in [5, 5.41) is 3.71. The number of nitrogens with one attached hydrogen (secondary N) is 1. The molecule has 4 aromatic rings. The molecule has 0 unspecified atom stereocenters. The molecule has 0 saturated carbocycles. The van der Waals surface area contributed by atoms with E-state index < -0.39 is 28.5 Å². The Kier molecular flexibility index (Phi) is 12.1. The van der Waals surface area contributed by atoms with Crippen LogP contribution in [0.15, 0.2) is 108 Å². The molecule has 0 heterocycles. The first kappa shape index (κ1) is 34.8. The maximum atomic E-state index is 14.3. The van der Waals surface area contributed by atoms with Gasteiger partial charge in [0.25, 0.3) is 10.0 Å². The molecule has 2 amide bonds. The number of carbonyl (C=O) groups is 2. The van der Waals surface area contributed by atoms with Crippen LogP contribution in [0.1, 0.15) is 39.2 Å². The van der Waals surface area contributed by atoms with Gasteiger partial charge in [-0.25, -0.2) is 8.42 Å². The van der Waals surface area contributed by atoms with Gasteiger partial charge >= 0.3 is 0 Å². The number of halogens is 2. The zero-order chi connectivity index (χ0) is 33.3. The van der Waals surface area contributed by atoms with Crippen molar-refractivity contribution in [1.29, 1.82) is 0 Å². The Hall–Kier alpha value is -4.05. The van der Waals surface area contributed by atoms with Crippen LogP contribution in [-0.2, 0) is 26.2 Å². The number of anilines is 1. The largest absolute Gasteiger partial charge is 0.457 e. The Balaban J connectivity index is 1.73. The molecule has 0 aromatic heterocycles. The van der Waals surface area contributed by atoms with E-state index in [-0.39, 0.29) is 35.5 Å². The van der Waals surface area contributed by atoms with E-state index in [9.17, 15) is 18.0 Å². The van der Waals surface area contributed by atoms with Crippen molar-refractivity contribution in [1.82, 2.24) is 10.2 Å². The van der Waals surface area contributed by atoms with Crippen molar-refractivity contribution in [3.8, 4) is 11.5 Å². The molecule has 4 rings (SSSR count). The second-order valence-corrected chi connectivity index (χ2v) is 13.4. The number of amides is 2. The molecule has 0 saturated heterocycles. The van der Waals surface area contributed by atoms with Gasteiger partial charge in [-0.2, -0.15) is 0 Å². The van der Waals surface area contributed by atoms with Crippen LogP contribution in [0.25, 0.3) is 0 Å². The van der Waals surface area contributed by atoms with Crippen LogP contribution in [0, 0.1) is 0 Å². The molecule has 0 bridgehead atoms. The van der Waals surface area contributed by atoms with Crippen LogP contribution in [0.3, 0.4) is 0 Å². The molecule has 0 spiro atoms. The molecule has 11 heteroatoms. The standard InChI is InChI=1S/C35H37Cl2N3O5S/c1-4-25(3)38-35(42)33(5-2)39(23-26-16-17-27(36)22-32(26)37)34(41)24-40(46(43,44)31-14-10-7-11-15-31)28-18-20-30(21-19-28)45-29-12-8-6-9-13-29/h6-22,25,33H,4-5,23-24H2,1-3H3,(H,38,42)/t25-,33+/m1/s1. The van der Waals surface area contributed by atoms with Crippen LogP contribution in [0.5, 0.6) is 11.5 Å². The van der Waals surface area contributed by atoms with Crippen molar-refractivity contribution in [3.05, 3.63) is 119 Å². The van der Waals surface area contributed by atoms with Gasteiger partial charge in [-0.05, 0) is 86.0 Å². The molecule has 1 N–H and O–H groups in total. The molecular formula is C35H37Cl2N3O5S. The number of hydrogen-bond donors (Lipinski definition) is 1. The molecule has 2 atom stereocenters. The summed E-state index contributed by atoms with van der Waals surface area (Å²) in [6.45, 7) is 5.02. The highest BCUT2D eigenvalue weighted by Crippen LogP contribution is 2.29.